The molecule has 0 aromatic heterocycles. The fourth-order valence-corrected chi connectivity index (χ4v) is 2.77. The van der Waals surface area contributed by atoms with Gasteiger partial charge in [0.05, 0.1) is 4.92 Å². The first-order valence-electron chi connectivity index (χ1n) is 5.93. The molecular formula is C11H10ClFN2O5S. The molecule has 1 fully saturated rings. The standard InChI is InChI=1S/C11H10ClFN2O5S/c12-21(19,20)9-5-6(4-8(10(9)13)15(17)18)11(16)14-7-2-1-3-7/h4-5,7H,1-3H2,(H,14,16). The van der Waals surface area contributed by atoms with Gasteiger partial charge in [0, 0.05) is 28.4 Å². The van der Waals surface area contributed by atoms with E-state index in [1.807, 2.05) is 0 Å². The topological polar surface area (TPSA) is 106 Å². The van der Waals surface area contributed by atoms with Crippen molar-refractivity contribution in [1.82, 2.24) is 5.32 Å². The van der Waals surface area contributed by atoms with E-state index in [-0.39, 0.29) is 11.6 Å². The highest BCUT2D eigenvalue weighted by molar-refractivity contribution is 8.13. The Labute approximate surface area is 123 Å². The largest absolute Gasteiger partial charge is 0.349 e. The molecule has 10 heteroatoms. The third-order valence-electron chi connectivity index (χ3n) is 3.18. The van der Waals surface area contributed by atoms with E-state index in [2.05, 4.69) is 5.32 Å². The van der Waals surface area contributed by atoms with Gasteiger partial charge in [-0.1, -0.05) is 0 Å². The van der Waals surface area contributed by atoms with Crippen LogP contribution in [0, 0.1) is 15.9 Å². The van der Waals surface area contributed by atoms with Gasteiger partial charge in [-0.3, -0.25) is 14.9 Å². The minimum Gasteiger partial charge on any atom is -0.349 e. The molecule has 0 saturated heterocycles. The van der Waals surface area contributed by atoms with Gasteiger partial charge < -0.3 is 5.32 Å². The second-order valence-electron chi connectivity index (χ2n) is 4.60. The summed E-state index contributed by atoms with van der Waals surface area (Å²) >= 11 is 0. The van der Waals surface area contributed by atoms with Crippen LogP contribution in [0.1, 0.15) is 29.6 Å². The summed E-state index contributed by atoms with van der Waals surface area (Å²) in [4.78, 5) is 20.5. The van der Waals surface area contributed by atoms with Gasteiger partial charge in [0.1, 0.15) is 4.90 Å². The summed E-state index contributed by atoms with van der Waals surface area (Å²) in [6.07, 6.45) is 2.50. The molecule has 1 aliphatic rings. The molecule has 1 N–H and O–H groups in total. The van der Waals surface area contributed by atoms with Crippen molar-refractivity contribution in [3.05, 3.63) is 33.6 Å². The monoisotopic (exact) mass is 336 g/mol. The number of rotatable bonds is 4. The molecule has 7 nitrogen and oxygen atoms in total. The lowest BCUT2D eigenvalue weighted by Crippen LogP contribution is -2.39. The molecular weight excluding hydrogens is 327 g/mol. The second kappa shape index (κ2) is 5.57. The Balaban J connectivity index is 2.48. The van der Waals surface area contributed by atoms with Crippen molar-refractivity contribution in [3.63, 3.8) is 0 Å². The van der Waals surface area contributed by atoms with E-state index in [0.717, 1.165) is 19.3 Å². The summed E-state index contributed by atoms with van der Waals surface area (Å²) in [5.74, 6) is -2.29. The lowest BCUT2D eigenvalue weighted by Gasteiger charge is -2.26. The average molecular weight is 337 g/mol. The Bertz CT molecular complexity index is 718. The van der Waals surface area contributed by atoms with Crippen LogP contribution in [-0.2, 0) is 9.05 Å². The molecule has 1 saturated carbocycles. The van der Waals surface area contributed by atoms with Crippen molar-refractivity contribution in [1.29, 1.82) is 0 Å². The fourth-order valence-electron chi connectivity index (χ4n) is 1.85. The summed E-state index contributed by atoms with van der Waals surface area (Å²) in [5.41, 5.74) is -1.44. The number of nitrogens with one attached hydrogen (secondary N) is 1. The van der Waals surface area contributed by atoms with Gasteiger partial charge in [0.25, 0.3) is 15.0 Å². The zero-order valence-electron chi connectivity index (χ0n) is 10.5. The van der Waals surface area contributed by atoms with Gasteiger partial charge in [-0.2, -0.15) is 4.39 Å². The Hall–Kier alpha value is -1.74. The Morgan fingerprint density at radius 1 is 1.43 bits per heavy atom. The van der Waals surface area contributed by atoms with Gasteiger partial charge in [-0.25, -0.2) is 8.42 Å². The Kier molecular flexibility index (Phi) is 4.15. The van der Waals surface area contributed by atoms with Gasteiger partial charge in [0.15, 0.2) is 0 Å². The maximum absolute atomic E-state index is 13.8. The van der Waals surface area contributed by atoms with E-state index < -0.39 is 36.3 Å². The van der Waals surface area contributed by atoms with Crippen molar-refractivity contribution in [2.75, 3.05) is 0 Å². The predicted molar refractivity (Wildman–Crippen MR) is 71.2 cm³/mol. The molecule has 1 aliphatic carbocycles. The van der Waals surface area contributed by atoms with Gasteiger partial charge in [0.2, 0.25) is 5.82 Å². The van der Waals surface area contributed by atoms with Gasteiger partial charge in [-0.15, -0.1) is 0 Å². The van der Waals surface area contributed by atoms with Gasteiger partial charge in [-0.05, 0) is 25.3 Å². The number of hydrogen-bond donors (Lipinski definition) is 1. The summed E-state index contributed by atoms with van der Waals surface area (Å²) in [5, 5.41) is 13.3. The quantitative estimate of drug-likeness (QED) is 0.513. The van der Waals surface area contributed by atoms with Crippen LogP contribution >= 0.6 is 10.7 Å². The molecule has 114 valence electrons. The number of nitrogens with zero attached hydrogens (tertiary/aromatic N) is 1. The highest BCUT2D eigenvalue weighted by Crippen LogP contribution is 2.29. The second-order valence-corrected chi connectivity index (χ2v) is 7.14. The smallest absolute Gasteiger partial charge is 0.307 e. The number of benzene rings is 1. The molecule has 0 unspecified atom stereocenters. The highest BCUT2D eigenvalue weighted by Gasteiger charge is 2.29. The van der Waals surface area contributed by atoms with E-state index in [1.165, 1.54) is 0 Å². The first-order valence-corrected chi connectivity index (χ1v) is 8.24. The van der Waals surface area contributed by atoms with E-state index in [9.17, 15) is 27.7 Å². The third kappa shape index (κ3) is 3.30. The van der Waals surface area contributed by atoms with Crippen LogP contribution in [-0.4, -0.2) is 25.3 Å². The minimum absolute atomic E-state index is 0.0577. The molecule has 0 aliphatic heterocycles. The molecule has 0 spiro atoms. The molecule has 0 radical (unpaired) electrons. The van der Waals surface area contributed by atoms with Crippen molar-refractivity contribution in [2.45, 2.75) is 30.2 Å². The van der Waals surface area contributed by atoms with E-state index >= 15 is 0 Å². The average Bonchev–Trinajstić information content (AvgIpc) is 2.31. The zero-order valence-corrected chi connectivity index (χ0v) is 12.1. The first-order chi connectivity index (χ1) is 9.70. The summed E-state index contributed by atoms with van der Waals surface area (Å²) in [7, 11) is 0.486. The molecule has 1 amide bonds. The third-order valence-corrected chi connectivity index (χ3v) is 4.50. The SMILES string of the molecule is O=C(NC1CCC1)c1cc([N+](=O)[O-])c(F)c(S(=O)(=O)Cl)c1. The van der Waals surface area contributed by atoms with Crippen LogP contribution in [0.3, 0.4) is 0 Å². The highest BCUT2D eigenvalue weighted by atomic mass is 35.7. The van der Waals surface area contributed by atoms with Crippen molar-refractivity contribution >= 4 is 31.3 Å². The zero-order chi connectivity index (χ0) is 15.8. The summed E-state index contributed by atoms with van der Waals surface area (Å²) in [6, 6.07) is 1.32. The lowest BCUT2D eigenvalue weighted by atomic mass is 9.93. The Morgan fingerprint density at radius 2 is 2.05 bits per heavy atom. The molecule has 0 atom stereocenters. The number of nitro groups is 1. The van der Waals surface area contributed by atoms with Crippen molar-refractivity contribution in [3.8, 4) is 0 Å². The molecule has 21 heavy (non-hydrogen) atoms. The number of halogens is 2. The lowest BCUT2D eigenvalue weighted by molar-refractivity contribution is -0.387. The number of carbonyl (C=O) groups excluding carboxylic acids is 1. The molecule has 2 rings (SSSR count). The summed E-state index contributed by atoms with van der Waals surface area (Å²) in [6.45, 7) is 0. The van der Waals surface area contributed by atoms with Crippen LogP contribution in [0.2, 0.25) is 0 Å². The van der Waals surface area contributed by atoms with Crippen LogP contribution in [0.25, 0.3) is 0 Å². The maximum Gasteiger partial charge on any atom is 0.307 e. The number of carbonyl (C=O) groups is 1. The van der Waals surface area contributed by atoms with Crippen LogP contribution in [0.4, 0.5) is 10.1 Å². The normalized spacial score (nSPS) is 15.3. The molecule has 1 aromatic rings. The van der Waals surface area contributed by atoms with Crippen LogP contribution in [0.15, 0.2) is 17.0 Å². The summed E-state index contributed by atoms with van der Waals surface area (Å²) < 4.78 is 36.3. The van der Waals surface area contributed by atoms with Crippen LogP contribution in [0.5, 0.6) is 0 Å². The van der Waals surface area contributed by atoms with E-state index in [1.54, 1.807) is 0 Å². The number of amides is 1. The van der Waals surface area contributed by atoms with Gasteiger partial charge >= 0.3 is 5.69 Å². The van der Waals surface area contributed by atoms with E-state index in [0.29, 0.717) is 12.1 Å². The van der Waals surface area contributed by atoms with Crippen LogP contribution < -0.4 is 5.32 Å². The molecule has 0 heterocycles. The van der Waals surface area contributed by atoms with E-state index in [4.69, 9.17) is 10.7 Å². The van der Waals surface area contributed by atoms with Crippen molar-refractivity contribution < 1.29 is 22.5 Å². The fraction of sp³-hybridized carbons (Fsp3) is 0.364. The molecule has 0 bridgehead atoms. The predicted octanol–water partition coefficient (Wildman–Crippen LogP) is 1.94. The number of hydrogen-bond acceptors (Lipinski definition) is 5. The number of nitro benzene ring substituents is 1. The maximum atomic E-state index is 13.8. The molecule has 1 aromatic carbocycles. The Morgan fingerprint density at radius 3 is 2.48 bits per heavy atom. The van der Waals surface area contributed by atoms with Crippen molar-refractivity contribution in [2.24, 2.45) is 0 Å². The minimum atomic E-state index is -4.55. The first kappa shape index (κ1) is 15.6.